The predicted molar refractivity (Wildman–Crippen MR) is 89.1 cm³/mol. The van der Waals surface area contributed by atoms with Crippen molar-refractivity contribution in [3.8, 4) is 11.3 Å². The van der Waals surface area contributed by atoms with Gasteiger partial charge >= 0.3 is 0 Å². The molecule has 4 rings (SSSR count). The number of thiazole rings is 1. The normalized spacial score (nSPS) is 17.6. The molecule has 2 aromatic heterocycles. The van der Waals surface area contributed by atoms with E-state index >= 15 is 0 Å². The van der Waals surface area contributed by atoms with Crippen LogP contribution in [0.3, 0.4) is 0 Å². The minimum Gasteiger partial charge on any atom is -0.329 e. The first kappa shape index (κ1) is 14.1. The van der Waals surface area contributed by atoms with E-state index in [0.717, 1.165) is 35.7 Å². The maximum absolute atomic E-state index is 13.1. The van der Waals surface area contributed by atoms with Crippen molar-refractivity contribution in [2.45, 2.75) is 18.9 Å². The summed E-state index contributed by atoms with van der Waals surface area (Å²) in [6, 6.07) is 9.91. The number of aromatic nitrogens is 3. The molecule has 1 unspecified atom stereocenters. The number of likely N-dealkylation sites (tertiary alicyclic amines) is 1. The molecule has 1 aliphatic rings. The molecule has 1 saturated heterocycles. The highest BCUT2D eigenvalue weighted by Gasteiger charge is 2.33. The highest BCUT2D eigenvalue weighted by atomic mass is 32.1. The van der Waals surface area contributed by atoms with Gasteiger partial charge in [0.2, 0.25) is 0 Å². The van der Waals surface area contributed by atoms with Crippen molar-refractivity contribution in [2.24, 2.45) is 0 Å². The number of nitrogens with one attached hydrogen (secondary N) is 1. The molecule has 1 amide bonds. The van der Waals surface area contributed by atoms with Crippen LogP contribution in [-0.4, -0.2) is 32.5 Å². The van der Waals surface area contributed by atoms with Crippen LogP contribution in [0.5, 0.6) is 0 Å². The fourth-order valence-corrected chi connectivity index (χ4v) is 3.88. The third-order valence-electron chi connectivity index (χ3n) is 4.18. The van der Waals surface area contributed by atoms with Crippen LogP contribution in [0, 0.1) is 0 Å². The number of carbonyl (C=O) groups excluding carboxylic acids is 1. The molecule has 5 nitrogen and oxygen atoms in total. The molecule has 1 atom stereocenters. The molecule has 0 saturated carbocycles. The van der Waals surface area contributed by atoms with Crippen molar-refractivity contribution in [1.82, 2.24) is 20.1 Å². The first-order valence-corrected chi connectivity index (χ1v) is 8.51. The Kier molecular flexibility index (Phi) is 3.67. The number of rotatable bonds is 3. The second kappa shape index (κ2) is 5.96. The summed E-state index contributed by atoms with van der Waals surface area (Å²) in [5.74, 6) is 0.0234. The lowest BCUT2D eigenvalue weighted by Gasteiger charge is -2.23. The van der Waals surface area contributed by atoms with E-state index in [2.05, 4.69) is 15.2 Å². The average Bonchev–Trinajstić information content (AvgIpc) is 3.34. The Hall–Kier alpha value is -2.47. The minimum absolute atomic E-state index is 0.0234. The van der Waals surface area contributed by atoms with Gasteiger partial charge in [-0.15, -0.1) is 11.3 Å². The molecule has 0 bridgehead atoms. The Morgan fingerprint density at radius 2 is 2.17 bits per heavy atom. The zero-order chi connectivity index (χ0) is 15.6. The lowest BCUT2D eigenvalue weighted by molar-refractivity contribution is 0.0736. The lowest BCUT2D eigenvalue weighted by Crippen LogP contribution is -2.30. The molecule has 0 aliphatic carbocycles. The largest absolute Gasteiger partial charge is 0.329 e. The number of benzene rings is 1. The second-order valence-corrected chi connectivity index (χ2v) is 6.48. The molecule has 3 aromatic rings. The summed E-state index contributed by atoms with van der Waals surface area (Å²) in [7, 11) is 0. The van der Waals surface area contributed by atoms with Gasteiger partial charge in [-0.1, -0.05) is 30.3 Å². The number of hydrogen-bond acceptors (Lipinski definition) is 4. The summed E-state index contributed by atoms with van der Waals surface area (Å²) in [5.41, 5.74) is 2.37. The van der Waals surface area contributed by atoms with Crippen molar-refractivity contribution in [2.75, 3.05) is 6.54 Å². The van der Waals surface area contributed by atoms with Gasteiger partial charge in [-0.25, -0.2) is 4.98 Å². The fraction of sp³-hybridized carbons (Fsp3) is 0.235. The molecule has 116 valence electrons. The van der Waals surface area contributed by atoms with Gasteiger partial charge in [0.05, 0.1) is 23.5 Å². The Morgan fingerprint density at radius 1 is 1.30 bits per heavy atom. The zero-order valence-corrected chi connectivity index (χ0v) is 13.3. The summed E-state index contributed by atoms with van der Waals surface area (Å²) >= 11 is 1.61. The molecular formula is C17H16N4OS. The van der Waals surface area contributed by atoms with Gasteiger partial charge in [0, 0.05) is 23.7 Å². The molecule has 0 radical (unpaired) electrons. The molecule has 1 fully saturated rings. The summed E-state index contributed by atoms with van der Waals surface area (Å²) in [6.07, 6.45) is 5.41. The minimum atomic E-state index is 0.0234. The van der Waals surface area contributed by atoms with Gasteiger partial charge in [-0.05, 0) is 12.8 Å². The monoisotopic (exact) mass is 324 g/mol. The van der Waals surface area contributed by atoms with E-state index in [1.54, 1.807) is 23.7 Å². The van der Waals surface area contributed by atoms with Gasteiger partial charge in [-0.2, -0.15) is 5.10 Å². The van der Waals surface area contributed by atoms with Gasteiger partial charge < -0.3 is 4.90 Å². The van der Waals surface area contributed by atoms with Crippen molar-refractivity contribution in [1.29, 1.82) is 0 Å². The van der Waals surface area contributed by atoms with Gasteiger partial charge in [0.1, 0.15) is 5.01 Å². The van der Waals surface area contributed by atoms with Crippen LogP contribution < -0.4 is 0 Å². The Morgan fingerprint density at radius 3 is 2.96 bits per heavy atom. The van der Waals surface area contributed by atoms with E-state index in [9.17, 15) is 4.79 Å². The molecule has 23 heavy (non-hydrogen) atoms. The lowest BCUT2D eigenvalue weighted by atomic mass is 10.1. The number of aromatic amines is 1. The van der Waals surface area contributed by atoms with E-state index in [4.69, 9.17) is 0 Å². The zero-order valence-electron chi connectivity index (χ0n) is 12.5. The molecule has 1 aliphatic heterocycles. The summed E-state index contributed by atoms with van der Waals surface area (Å²) < 4.78 is 0. The summed E-state index contributed by atoms with van der Waals surface area (Å²) in [6.45, 7) is 0.766. The average molecular weight is 324 g/mol. The maximum atomic E-state index is 13.1. The highest BCUT2D eigenvalue weighted by molar-refractivity contribution is 7.09. The van der Waals surface area contributed by atoms with Crippen LogP contribution in [0.1, 0.15) is 34.2 Å². The van der Waals surface area contributed by atoms with E-state index < -0.39 is 0 Å². The first-order valence-electron chi connectivity index (χ1n) is 7.64. The van der Waals surface area contributed by atoms with E-state index in [1.165, 1.54) is 0 Å². The number of nitrogens with zero attached hydrogens (tertiary/aromatic N) is 3. The third-order valence-corrected chi connectivity index (χ3v) is 5.06. The molecular weight excluding hydrogens is 308 g/mol. The molecule has 1 N–H and O–H groups in total. The van der Waals surface area contributed by atoms with E-state index in [-0.39, 0.29) is 11.9 Å². The van der Waals surface area contributed by atoms with Crippen LogP contribution in [-0.2, 0) is 0 Å². The number of hydrogen-bond donors (Lipinski definition) is 1. The van der Waals surface area contributed by atoms with Crippen LogP contribution >= 0.6 is 11.3 Å². The fourth-order valence-electron chi connectivity index (χ4n) is 3.09. The Bertz CT molecular complexity index is 797. The van der Waals surface area contributed by atoms with Crippen LogP contribution in [0.15, 0.2) is 48.1 Å². The topological polar surface area (TPSA) is 61.9 Å². The Balaban J connectivity index is 1.66. The predicted octanol–water partition coefficient (Wildman–Crippen LogP) is 3.51. The number of amides is 1. The van der Waals surface area contributed by atoms with Crippen molar-refractivity contribution in [3.63, 3.8) is 0 Å². The molecule has 1 aromatic carbocycles. The van der Waals surface area contributed by atoms with Crippen LogP contribution in [0.25, 0.3) is 11.3 Å². The maximum Gasteiger partial charge on any atom is 0.258 e. The van der Waals surface area contributed by atoms with E-state index in [1.807, 2.05) is 40.6 Å². The van der Waals surface area contributed by atoms with Gasteiger partial charge in [0.25, 0.3) is 5.91 Å². The van der Waals surface area contributed by atoms with Crippen molar-refractivity contribution < 1.29 is 4.79 Å². The standard InChI is InChI=1S/C17H16N4OS/c22-17(21-9-4-7-14(21)16-18-8-10-23-16)13-11-19-20-15(13)12-5-2-1-3-6-12/h1-3,5-6,8,10-11,14H,4,7,9H2,(H,19,20). The second-order valence-electron chi connectivity index (χ2n) is 5.55. The third kappa shape index (κ3) is 2.55. The van der Waals surface area contributed by atoms with Crippen LogP contribution in [0.4, 0.5) is 0 Å². The van der Waals surface area contributed by atoms with Crippen LogP contribution in [0.2, 0.25) is 0 Å². The summed E-state index contributed by atoms with van der Waals surface area (Å²) in [4.78, 5) is 19.4. The SMILES string of the molecule is O=C(c1cn[nH]c1-c1ccccc1)N1CCCC1c1nccs1. The Labute approximate surface area is 138 Å². The molecule has 3 heterocycles. The van der Waals surface area contributed by atoms with Crippen molar-refractivity contribution >= 4 is 17.2 Å². The quantitative estimate of drug-likeness (QED) is 0.802. The van der Waals surface area contributed by atoms with Crippen molar-refractivity contribution in [3.05, 3.63) is 58.7 Å². The summed E-state index contributed by atoms with van der Waals surface area (Å²) in [5, 5.41) is 10.0. The van der Waals surface area contributed by atoms with Gasteiger partial charge in [-0.3, -0.25) is 9.89 Å². The first-order chi connectivity index (χ1) is 11.3. The number of H-pyrrole nitrogens is 1. The molecule has 0 spiro atoms. The smallest absolute Gasteiger partial charge is 0.258 e. The highest BCUT2D eigenvalue weighted by Crippen LogP contribution is 2.35. The van der Waals surface area contributed by atoms with E-state index in [0.29, 0.717) is 5.56 Å². The van der Waals surface area contributed by atoms with Gasteiger partial charge in [0.15, 0.2) is 0 Å². The number of carbonyl (C=O) groups is 1. The molecule has 6 heteroatoms.